The average molecular weight is 371 g/mol. The lowest BCUT2D eigenvalue weighted by Crippen LogP contribution is -2.22. The third-order valence-corrected chi connectivity index (χ3v) is 4.88. The Kier molecular flexibility index (Phi) is 4.81. The third kappa shape index (κ3) is 3.13. The Morgan fingerprint density at radius 2 is 2.06 bits per heavy atom. The molecule has 0 bridgehead atoms. The monoisotopic (exact) mass is 371 g/mol. The zero-order valence-electron chi connectivity index (χ0n) is 11.0. The van der Waals surface area contributed by atoms with Crippen LogP contribution in [0.15, 0.2) is 29.6 Å². The van der Waals surface area contributed by atoms with Gasteiger partial charge in [0.05, 0.1) is 8.93 Å². The predicted molar refractivity (Wildman–Crippen MR) is 88.5 cm³/mol. The van der Waals surface area contributed by atoms with Gasteiger partial charge >= 0.3 is 0 Å². The fourth-order valence-electron chi connectivity index (χ4n) is 2.16. The molecule has 0 fully saturated rings. The second kappa shape index (κ2) is 6.17. The van der Waals surface area contributed by atoms with Crippen molar-refractivity contribution in [2.75, 3.05) is 6.54 Å². The second-order valence-electron chi connectivity index (χ2n) is 4.53. The van der Waals surface area contributed by atoms with Crippen LogP contribution in [0.2, 0.25) is 0 Å². The third-order valence-electron chi connectivity index (χ3n) is 3.08. The first-order valence-corrected chi connectivity index (χ1v) is 8.12. The molecular formula is C15H18INS. The summed E-state index contributed by atoms with van der Waals surface area (Å²) in [5.74, 6) is 0. The van der Waals surface area contributed by atoms with Gasteiger partial charge in [-0.1, -0.05) is 30.7 Å². The van der Waals surface area contributed by atoms with Gasteiger partial charge in [-0.15, -0.1) is 11.3 Å². The number of hydrogen-bond donors (Lipinski definition) is 1. The van der Waals surface area contributed by atoms with E-state index in [1.54, 1.807) is 0 Å². The molecule has 0 aliphatic heterocycles. The van der Waals surface area contributed by atoms with E-state index in [1.807, 2.05) is 11.3 Å². The number of halogens is 1. The maximum Gasteiger partial charge on any atom is 0.0656 e. The first kappa shape index (κ1) is 14.0. The zero-order chi connectivity index (χ0) is 13.1. The largest absolute Gasteiger partial charge is 0.306 e. The Morgan fingerprint density at radius 3 is 2.67 bits per heavy atom. The highest BCUT2D eigenvalue weighted by Gasteiger charge is 2.16. The van der Waals surface area contributed by atoms with E-state index in [0.717, 1.165) is 6.54 Å². The average Bonchev–Trinajstić information content (AvgIpc) is 2.76. The van der Waals surface area contributed by atoms with Crippen LogP contribution in [0.3, 0.4) is 0 Å². The Bertz CT molecular complexity index is 533. The number of hydrogen-bond acceptors (Lipinski definition) is 2. The van der Waals surface area contributed by atoms with Crippen molar-refractivity contribution >= 4 is 33.9 Å². The lowest BCUT2D eigenvalue weighted by atomic mass is 9.95. The van der Waals surface area contributed by atoms with E-state index in [9.17, 15) is 0 Å². The van der Waals surface area contributed by atoms with Crippen LogP contribution in [0.4, 0.5) is 0 Å². The minimum atomic E-state index is 0.315. The van der Waals surface area contributed by atoms with E-state index < -0.39 is 0 Å². The second-order valence-corrected chi connectivity index (χ2v) is 7.34. The van der Waals surface area contributed by atoms with Crippen LogP contribution in [0.25, 0.3) is 0 Å². The van der Waals surface area contributed by atoms with Gasteiger partial charge in [-0.2, -0.15) is 0 Å². The number of nitrogens with one attached hydrogen (secondary N) is 1. The quantitative estimate of drug-likeness (QED) is 0.771. The minimum absolute atomic E-state index is 0.315. The number of aryl methyl sites for hydroxylation is 2. The normalized spacial score (nSPS) is 12.7. The summed E-state index contributed by atoms with van der Waals surface area (Å²) >= 11 is 4.20. The summed E-state index contributed by atoms with van der Waals surface area (Å²) in [6.45, 7) is 7.49. The van der Waals surface area contributed by atoms with Crippen molar-refractivity contribution < 1.29 is 0 Å². The summed E-state index contributed by atoms with van der Waals surface area (Å²) in [6, 6.07) is 9.29. The van der Waals surface area contributed by atoms with Gasteiger partial charge in [0.25, 0.3) is 0 Å². The first-order valence-electron chi connectivity index (χ1n) is 6.16. The highest BCUT2D eigenvalue weighted by Crippen LogP contribution is 2.29. The van der Waals surface area contributed by atoms with Gasteiger partial charge in [-0.05, 0) is 71.1 Å². The van der Waals surface area contributed by atoms with E-state index in [4.69, 9.17) is 0 Å². The van der Waals surface area contributed by atoms with Crippen molar-refractivity contribution in [3.63, 3.8) is 0 Å². The van der Waals surface area contributed by atoms with Crippen molar-refractivity contribution in [2.45, 2.75) is 26.8 Å². The molecule has 1 heterocycles. The molecule has 2 aromatic rings. The summed E-state index contributed by atoms with van der Waals surface area (Å²) in [5, 5.41) is 5.86. The lowest BCUT2D eigenvalue weighted by molar-refractivity contribution is 0.629. The van der Waals surface area contributed by atoms with Gasteiger partial charge in [0.2, 0.25) is 0 Å². The van der Waals surface area contributed by atoms with Gasteiger partial charge in [-0.3, -0.25) is 0 Å². The molecule has 1 aromatic carbocycles. The lowest BCUT2D eigenvalue weighted by Gasteiger charge is -2.20. The molecule has 0 saturated heterocycles. The molecule has 1 aromatic heterocycles. The predicted octanol–water partition coefficient (Wildman–Crippen LogP) is 4.67. The molecule has 0 radical (unpaired) electrons. The van der Waals surface area contributed by atoms with Gasteiger partial charge in [-0.25, -0.2) is 0 Å². The van der Waals surface area contributed by atoms with Crippen molar-refractivity contribution in [3.8, 4) is 0 Å². The van der Waals surface area contributed by atoms with Crippen LogP contribution in [0, 0.1) is 16.7 Å². The van der Waals surface area contributed by atoms with E-state index in [2.05, 4.69) is 78.3 Å². The van der Waals surface area contributed by atoms with Crippen LogP contribution in [-0.2, 0) is 0 Å². The maximum atomic E-state index is 3.60. The van der Waals surface area contributed by atoms with Crippen molar-refractivity contribution in [3.05, 3.63) is 54.8 Å². The van der Waals surface area contributed by atoms with Gasteiger partial charge < -0.3 is 5.32 Å². The van der Waals surface area contributed by atoms with Crippen molar-refractivity contribution in [1.82, 2.24) is 5.32 Å². The van der Waals surface area contributed by atoms with Crippen LogP contribution in [-0.4, -0.2) is 6.54 Å². The fourth-order valence-corrected chi connectivity index (χ4v) is 3.56. The highest BCUT2D eigenvalue weighted by atomic mass is 127. The molecule has 0 aliphatic rings. The van der Waals surface area contributed by atoms with Gasteiger partial charge in [0, 0.05) is 0 Å². The SMILES string of the molecule is CCNC(c1csc(I)c1)c1cc(C)ccc1C. The summed E-state index contributed by atoms with van der Waals surface area (Å²) in [4.78, 5) is 0. The molecular weight excluding hydrogens is 353 g/mol. The van der Waals surface area contributed by atoms with E-state index in [0.29, 0.717) is 6.04 Å². The molecule has 1 N–H and O–H groups in total. The Morgan fingerprint density at radius 1 is 1.28 bits per heavy atom. The number of rotatable bonds is 4. The summed E-state index contributed by atoms with van der Waals surface area (Å²) < 4.78 is 1.34. The van der Waals surface area contributed by atoms with Crippen LogP contribution < -0.4 is 5.32 Å². The summed E-state index contributed by atoms with van der Waals surface area (Å²) in [7, 11) is 0. The van der Waals surface area contributed by atoms with Crippen LogP contribution in [0.5, 0.6) is 0 Å². The fraction of sp³-hybridized carbons (Fsp3) is 0.333. The van der Waals surface area contributed by atoms with Gasteiger partial charge in [0.1, 0.15) is 0 Å². The van der Waals surface area contributed by atoms with Crippen molar-refractivity contribution in [1.29, 1.82) is 0 Å². The molecule has 96 valence electrons. The zero-order valence-corrected chi connectivity index (χ0v) is 13.9. The molecule has 18 heavy (non-hydrogen) atoms. The topological polar surface area (TPSA) is 12.0 Å². The molecule has 0 spiro atoms. The number of thiophene rings is 1. The molecule has 0 aliphatic carbocycles. The Labute approximate surface area is 127 Å². The molecule has 1 unspecified atom stereocenters. The van der Waals surface area contributed by atoms with E-state index in [1.165, 1.54) is 25.1 Å². The minimum Gasteiger partial charge on any atom is -0.306 e. The molecule has 1 atom stereocenters. The Balaban J connectivity index is 2.44. The number of benzene rings is 1. The first-order chi connectivity index (χ1) is 8.61. The van der Waals surface area contributed by atoms with Crippen molar-refractivity contribution in [2.24, 2.45) is 0 Å². The van der Waals surface area contributed by atoms with E-state index in [-0.39, 0.29) is 0 Å². The smallest absolute Gasteiger partial charge is 0.0656 e. The maximum absolute atomic E-state index is 3.60. The summed E-state index contributed by atoms with van der Waals surface area (Å²) in [5.41, 5.74) is 5.45. The summed E-state index contributed by atoms with van der Waals surface area (Å²) in [6.07, 6.45) is 0. The molecule has 0 saturated carbocycles. The van der Waals surface area contributed by atoms with Crippen LogP contribution in [0.1, 0.15) is 35.2 Å². The molecule has 0 amide bonds. The van der Waals surface area contributed by atoms with Gasteiger partial charge in [0.15, 0.2) is 0 Å². The Hall–Kier alpha value is -0.390. The molecule has 1 nitrogen and oxygen atoms in total. The van der Waals surface area contributed by atoms with Crippen LogP contribution >= 0.6 is 33.9 Å². The molecule has 3 heteroatoms. The van der Waals surface area contributed by atoms with E-state index >= 15 is 0 Å². The molecule has 2 rings (SSSR count). The highest BCUT2D eigenvalue weighted by molar-refractivity contribution is 14.1. The standard InChI is InChI=1S/C15H18INS/c1-4-17-15(12-8-14(16)18-9-12)13-7-10(2)5-6-11(13)3/h5-9,15,17H,4H2,1-3H3.